The van der Waals surface area contributed by atoms with E-state index in [0.717, 1.165) is 0 Å². The minimum Gasteiger partial charge on any atom is -0.314 e. The zero-order valence-corrected chi connectivity index (χ0v) is 9.03. The van der Waals surface area contributed by atoms with Crippen LogP contribution in [-0.4, -0.2) is 28.7 Å². The highest BCUT2D eigenvalue weighted by Crippen LogP contribution is 1.98. The summed E-state index contributed by atoms with van der Waals surface area (Å²) >= 11 is 0. The van der Waals surface area contributed by atoms with Crippen LogP contribution in [0.3, 0.4) is 0 Å². The van der Waals surface area contributed by atoms with Crippen molar-refractivity contribution < 1.29 is 4.79 Å². The summed E-state index contributed by atoms with van der Waals surface area (Å²) in [6.45, 7) is 4.75. The van der Waals surface area contributed by atoms with E-state index in [1.165, 1.54) is 0 Å². The maximum absolute atomic E-state index is 11.4. The van der Waals surface area contributed by atoms with Crippen molar-refractivity contribution in [2.45, 2.75) is 26.3 Å². The van der Waals surface area contributed by atoms with Crippen molar-refractivity contribution in [3.63, 3.8) is 0 Å². The topological polar surface area (TPSA) is 66.9 Å². The van der Waals surface area contributed by atoms with Crippen molar-refractivity contribution in [2.24, 2.45) is 0 Å². The number of anilines is 1. The van der Waals surface area contributed by atoms with Crippen LogP contribution in [0.1, 0.15) is 20.3 Å². The molecular weight excluding hydrogens is 192 g/mol. The molecule has 0 atom stereocenters. The van der Waals surface area contributed by atoms with E-state index in [0.29, 0.717) is 24.8 Å². The summed E-state index contributed by atoms with van der Waals surface area (Å²) in [5.74, 6) is 0.440. The number of amides is 1. The Kier molecular flexibility index (Phi) is 4.70. The van der Waals surface area contributed by atoms with Gasteiger partial charge in [0.2, 0.25) is 5.91 Å². The third-order valence-electron chi connectivity index (χ3n) is 1.74. The highest BCUT2D eigenvalue weighted by Gasteiger charge is 2.02. The van der Waals surface area contributed by atoms with Gasteiger partial charge < -0.3 is 10.6 Å². The molecule has 0 radical (unpaired) electrons. The third-order valence-corrected chi connectivity index (χ3v) is 1.74. The summed E-state index contributed by atoms with van der Waals surface area (Å²) < 4.78 is 0. The van der Waals surface area contributed by atoms with Crippen LogP contribution in [0.25, 0.3) is 0 Å². The minimum atomic E-state index is -0.0522. The molecule has 1 heterocycles. The largest absolute Gasteiger partial charge is 0.314 e. The molecule has 0 saturated carbocycles. The van der Waals surface area contributed by atoms with Crippen LogP contribution in [-0.2, 0) is 4.79 Å². The second-order valence-corrected chi connectivity index (χ2v) is 3.52. The second kappa shape index (κ2) is 6.08. The van der Waals surface area contributed by atoms with Crippen LogP contribution in [0.4, 0.5) is 5.82 Å². The van der Waals surface area contributed by atoms with Crippen LogP contribution in [0.2, 0.25) is 0 Å². The molecule has 82 valence electrons. The number of hydrogen-bond donors (Lipinski definition) is 2. The maximum atomic E-state index is 11.4. The lowest BCUT2D eigenvalue weighted by molar-refractivity contribution is -0.116. The lowest BCUT2D eigenvalue weighted by atomic mass is 10.3. The van der Waals surface area contributed by atoms with Crippen LogP contribution < -0.4 is 10.6 Å². The lowest BCUT2D eigenvalue weighted by Crippen LogP contribution is -2.27. The van der Waals surface area contributed by atoms with Crippen LogP contribution >= 0.6 is 0 Å². The van der Waals surface area contributed by atoms with Gasteiger partial charge in [0.1, 0.15) is 0 Å². The molecule has 0 aromatic carbocycles. The van der Waals surface area contributed by atoms with Gasteiger partial charge >= 0.3 is 0 Å². The van der Waals surface area contributed by atoms with Crippen LogP contribution in [0, 0.1) is 0 Å². The Morgan fingerprint density at radius 3 is 2.93 bits per heavy atom. The van der Waals surface area contributed by atoms with Crippen molar-refractivity contribution in [1.82, 2.24) is 15.5 Å². The van der Waals surface area contributed by atoms with Gasteiger partial charge in [0.15, 0.2) is 5.82 Å². The average Bonchev–Trinajstić information content (AvgIpc) is 2.18. The number of nitrogens with zero attached hydrogens (tertiary/aromatic N) is 2. The van der Waals surface area contributed by atoms with Gasteiger partial charge in [-0.3, -0.25) is 4.79 Å². The lowest BCUT2D eigenvalue weighted by Gasteiger charge is -2.07. The molecule has 15 heavy (non-hydrogen) atoms. The van der Waals surface area contributed by atoms with Gasteiger partial charge in [-0.2, -0.15) is 5.10 Å². The number of rotatable bonds is 5. The van der Waals surface area contributed by atoms with E-state index in [1.807, 2.05) is 13.8 Å². The van der Waals surface area contributed by atoms with Crippen molar-refractivity contribution >= 4 is 11.7 Å². The molecule has 0 spiro atoms. The predicted molar refractivity (Wildman–Crippen MR) is 58.4 cm³/mol. The monoisotopic (exact) mass is 208 g/mol. The Morgan fingerprint density at radius 2 is 2.33 bits per heavy atom. The van der Waals surface area contributed by atoms with Crippen molar-refractivity contribution in [3.8, 4) is 0 Å². The molecule has 1 aromatic rings. The number of carbonyl (C=O) groups is 1. The van der Waals surface area contributed by atoms with Crippen molar-refractivity contribution in [1.29, 1.82) is 0 Å². The Morgan fingerprint density at radius 1 is 1.53 bits per heavy atom. The van der Waals surface area contributed by atoms with Crippen LogP contribution in [0.15, 0.2) is 18.3 Å². The predicted octanol–water partition coefficient (Wildman–Crippen LogP) is 0.803. The van der Waals surface area contributed by atoms with Gasteiger partial charge in [-0.25, -0.2) is 0 Å². The summed E-state index contributed by atoms with van der Waals surface area (Å²) in [4.78, 5) is 11.4. The highest BCUT2D eigenvalue weighted by molar-refractivity contribution is 5.89. The number of carbonyl (C=O) groups excluding carboxylic acids is 1. The molecule has 2 N–H and O–H groups in total. The Hall–Kier alpha value is -1.49. The molecule has 0 saturated heterocycles. The van der Waals surface area contributed by atoms with E-state index < -0.39 is 0 Å². The molecule has 0 aliphatic rings. The number of nitrogens with one attached hydrogen (secondary N) is 2. The smallest absolute Gasteiger partial charge is 0.226 e. The Balaban J connectivity index is 2.25. The molecule has 1 rings (SSSR count). The molecule has 0 fully saturated rings. The zero-order valence-electron chi connectivity index (χ0n) is 9.03. The van der Waals surface area contributed by atoms with E-state index in [4.69, 9.17) is 0 Å². The fourth-order valence-corrected chi connectivity index (χ4v) is 1.05. The first-order valence-electron chi connectivity index (χ1n) is 4.99. The van der Waals surface area contributed by atoms with Crippen LogP contribution in [0.5, 0.6) is 0 Å². The van der Waals surface area contributed by atoms with E-state index in [-0.39, 0.29) is 5.91 Å². The normalized spacial score (nSPS) is 10.3. The van der Waals surface area contributed by atoms with E-state index in [2.05, 4.69) is 20.8 Å². The maximum Gasteiger partial charge on any atom is 0.226 e. The summed E-state index contributed by atoms with van der Waals surface area (Å²) in [5.41, 5.74) is 0. The first-order valence-corrected chi connectivity index (χ1v) is 4.99. The molecule has 0 aliphatic carbocycles. The molecule has 5 nitrogen and oxygen atoms in total. The Labute approximate surface area is 89.3 Å². The van der Waals surface area contributed by atoms with E-state index >= 15 is 0 Å². The van der Waals surface area contributed by atoms with Gasteiger partial charge in [0.05, 0.1) is 0 Å². The molecule has 1 amide bonds. The van der Waals surface area contributed by atoms with Gasteiger partial charge in [0.25, 0.3) is 0 Å². The van der Waals surface area contributed by atoms with Gasteiger partial charge in [-0.15, -0.1) is 5.10 Å². The number of hydrogen-bond acceptors (Lipinski definition) is 4. The number of aromatic nitrogens is 2. The molecule has 0 bridgehead atoms. The van der Waals surface area contributed by atoms with Gasteiger partial charge in [-0.1, -0.05) is 13.8 Å². The van der Waals surface area contributed by atoms with E-state index in [9.17, 15) is 4.79 Å². The zero-order chi connectivity index (χ0) is 11.1. The molecule has 1 aromatic heterocycles. The average molecular weight is 208 g/mol. The Bertz CT molecular complexity index is 300. The fourth-order valence-electron chi connectivity index (χ4n) is 1.05. The van der Waals surface area contributed by atoms with Gasteiger partial charge in [0, 0.05) is 25.2 Å². The first-order chi connectivity index (χ1) is 7.18. The molecule has 0 aliphatic heterocycles. The minimum absolute atomic E-state index is 0.0522. The molecule has 0 unspecified atom stereocenters. The quantitative estimate of drug-likeness (QED) is 0.751. The summed E-state index contributed by atoms with van der Waals surface area (Å²) in [7, 11) is 0. The van der Waals surface area contributed by atoms with Crippen molar-refractivity contribution in [2.75, 3.05) is 11.9 Å². The van der Waals surface area contributed by atoms with E-state index in [1.54, 1.807) is 18.3 Å². The first kappa shape index (κ1) is 11.6. The SMILES string of the molecule is CC(C)NCCC(=O)Nc1cccnn1. The summed E-state index contributed by atoms with van der Waals surface area (Å²) in [6.07, 6.45) is 2.00. The molecule has 5 heteroatoms. The molecular formula is C10H16N4O. The van der Waals surface area contributed by atoms with Crippen molar-refractivity contribution in [3.05, 3.63) is 18.3 Å². The van der Waals surface area contributed by atoms with Gasteiger partial charge in [-0.05, 0) is 12.1 Å². The third kappa shape index (κ3) is 5.07. The second-order valence-electron chi connectivity index (χ2n) is 3.52. The summed E-state index contributed by atoms with van der Waals surface area (Å²) in [6, 6.07) is 3.84. The highest BCUT2D eigenvalue weighted by atomic mass is 16.1. The fraction of sp³-hybridized carbons (Fsp3) is 0.500. The standard InChI is InChI=1S/C10H16N4O/c1-8(2)11-7-5-10(15)13-9-4-3-6-12-14-9/h3-4,6,8,11H,5,7H2,1-2H3,(H,13,14,15). The summed E-state index contributed by atoms with van der Waals surface area (Å²) in [5, 5.41) is 13.3.